The highest BCUT2D eigenvalue weighted by atomic mass is 32.1. The average molecular weight is 527 g/mol. The summed E-state index contributed by atoms with van der Waals surface area (Å²) >= 11 is 1.37. The number of rotatable bonds is 7. The maximum Gasteiger partial charge on any atom is 0.301 e. The number of unbranched alkanes of at least 4 members (excludes halogenated alkanes) is 1. The summed E-state index contributed by atoms with van der Waals surface area (Å²) in [7, 11) is 0. The van der Waals surface area contributed by atoms with E-state index in [1.165, 1.54) is 16.2 Å². The molecule has 5 rings (SSSR count). The lowest BCUT2D eigenvalue weighted by atomic mass is 9.95. The second-order valence-electron chi connectivity index (χ2n) is 9.73. The van der Waals surface area contributed by atoms with E-state index in [-0.39, 0.29) is 11.3 Å². The highest BCUT2D eigenvalue weighted by molar-refractivity contribution is 7.22. The van der Waals surface area contributed by atoms with E-state index in [1.807, 2.05) is 69.3 Å². The summed E-state index contributed by atoms with van der Waals surface area (Å²) in [4.78, 5) is 33.2. The number of thiazole rings is 1. The van der Waals surface area contributed by atoms with Gasteiger partial charge in [-0.15, -0.1) is 0 Å². The summed E-state index contributed by atoms with van der Waals surface area (Å²) in [5.41, 5.74) is 5.14. The van der Waals surface area contributed by atoms with Gasteiger partial charge in [-0.3, -0.25) is 14.5 Å². The number of nitrogens with zero attached hydrogens (tertiary/aromatic N) is 2. The molecule has 194 valence electrons. The second-order valence-corrected chi connectivity index (χ2v) is 10.7. The molecule has 1 fully saturated rings. The minimum absolute atomic E-state index is 0.0469. The van der Waals surface area contributed by atoms with Crippen molar-refractivity contribution < 1.29 is 19.4 Å². The van der Waals surface area contributed by atoms with Crippen molar-refractivity contribution in [2.45, 2.75) is 46.6 Å². The predicted molar refractivity (Wildman–Crippen MR) is 152 cm³/mol. The predicted octanol–water partition coefficient (Wildman–Crippen LogP) is 7.03. The van der Waals surface area contributed by atoms with Crippen molar-refractivity contribution in [2.75, 3.05) is 11.5 Å². The molecule has 0 bridgehead atoms. The summed E-state index contributed by atoms with van der Waals surface area (Å²) in [6.07, 6.45) is 1.99. The molecule has 6 nitrogen and oxygen atoms in total. The van der Waals surface area contributed by atoms with Gasteiger partial charge in [0.2, 0.25) is 0 Å². The lowest BCUT2D eigenvalue weighted by Gasteiger charge is -2.23. The third kappa shape index (κ3) is 4.70. The number of aromatic nitrogens is 1. The largest absolute Gasteiger partial charge is 0.507 e. The van der Waals surface area contributed by atoms with Crippen LogP contribution in [0.15, 0.2) is 66.2 Å². The van der Waals surface area contributed by atoms with Crippen molar-refractivity contribution >= 4 is 44.1 Å². The number of carbonyl (C=O) groups excluding carboxylic acids is 2. The van der Waals surface area contributed by atoms with E-state index >= 15 is 0 Å². The fourth-order valence-electron chi connectivity index (χ4n) is 4.75. The second kappa shape index (κ2) is 10.4. The van der Waals surface area contributed by atoms with Crippen LogP contribution in [0.2, 0.25) is 0 Å². The molecular formula is C31H30N2O4S. The summed E-state index contributed by atoms with van der Waals surface area (Å²) < 4.78 is 6.76. The van der Waals surface area contributed by atoms with Crippen molar-refractivity contribution in [1.82, 2.24) is 4.98 Å². The van der Waals surface area contributed by atoms with Crippen LogP contribution in [0, 0.1) is 20.8 Å². The standard InChI is InChI=1S/C31H30N2O4S/c1-5-6-15-37-23-13-11-21(12-14-23)27-25(28(34)22-9-7-18(2)8-10-22)29(35)30(36)33(27)31-32-26-20(4)16-19(3)17-24(26)38-31/h7-14,16-17,27,34H,5-6,15H2,1-4H3. The molecule has 7 heteroatoms. The van der Waals surface area contributed by atoms with Crippen LogP contribution in [-0.4, -0.2) is 28.4 Å². The lowest BCUT2D eigenvalue weighted by molar-refractivity contribution is -0.132. The molecule has 0 spiro atoms. The van der Waals surface area contributed by atoms with Crippen LogP contribution in [0.4, 0.5) is 5.13 Å². The number of ketones is 1. The maximum absolute atomic E-state index is 13.5. The van der Waals surface area contributed by atoms with Crippen LogP contribution in [-0.2, 0) is 9.59 Å². The summed E-state index contributed by atoms with van der Waals surface area (Å²) in [6.45, 7) is 8.67. The molecule has 38 heavy (non-hydrogen) atoms. The number of aliphatic hydroxyl groups is 1. The fraction of sp³-hybridized carbons (Fsp3) is 0.258. The Hall–Kier alpha value is -3.97. The van der Waals surface area contributed by atoms with E-state index in [2.05, 4.69) is 6.92 Å². The van der Waals surface area contributed by atoms with Gasteiger partial charge < -0.3 is 9.84 Å². The number of aliphatic hydroxyl groups excluding tert-OH is 1. The van der Waals surface area contributed by atoms with Gasteiger partial charge in [0, 0.05) is 5.56 Å². The van der Waals surface area contributed by atoms with Gasteiger partial charge in [0.15, 0.2) is 5.13 Å². The zero-order valence-electron chi connectivity index (χ0n) is 21.9. The van der Waals surface area contributed by atoms with Gasteiger partial charge in [0.1, 0.15) is 11.5 Å². The van der Waals surface area contributed by atoms with Crippen LogP contribution in [0.5, 0.6) is 5.75 Å². The number of ether oxygens (including phenoxy) is 1. The molecule has 0 radical (unpaired) electrons. The fourth-order valence-corrected chi connectivity index (χ4v) is 5.92. The Kier molecular flexibility index (Phi) is 7.04. The summed E-state index contributed by atoms with van der Waals surface area (Å²) in [6, 6.07) is 17.8. The van der Waals surface area contributed by atoms with Crippen LogP contribution in [0.1, 0.15) is 53.6 Å². The Balaban J connectivity index is 1.65. The SMILES string of the molecule is CCCCOc1ccc(C2C(=C(O)c3ccc(C)cc3)C(=O)C(=O)N2c2nc3c(C)cc(C)cc3s2)cc1. The smallest absolute Gasteiger partial charge is 0.301 e. The minimum atomic E-state index is -0.831. The van der Waals surface area contributed by atoms with E-state index in [0.29, 0.717) is 28.6 Å². The molecule has 1 N–H and O–H groups in total. The molecular weight excluding hydrogens is 496 g/mol. The molecule has 1 aromatic heterocycles. The van der Waals surface area contributed by atoms with Crippen molar-refractivity contribution in [2.24, 2.45) is 0 Å². The van der Waals surface area contributed by atoms with Gasteiger partial charge in [-0.25, -0.2) is 4.98 Å². The highest BCUT2D eigenvalue weighted by Gasteiger charge is 2.48. The van der Waals surface area contributed by atoms with Gasteiger partial charge in [0.05, 0.1) is 28.4 Å². The van der Waals surface area contributed by atoms with Gasteiger partial charge in [-0.2, -0.15) is 0 Å². The van der Waals surface area contributed by atoms with E-state index in [0.717, 1.165) is 39.7 Å². The Morgan fingerprint density at radius 3 is 2.39 bits per heavy atom. The van der Waals surface area contributed by atoms with Gasteiger partial charge in [0.25, 0.3) is 5.78 Å². The molecule has 3 aromatic carbocycles. The third-order valence-corrected chi connectivity index (χ3v) is 7.76. The molecule has 0 aliphatic carbocycles. The van der Waals surface area contributed by atoms with Crippen molar-refractivity contribution in [3.05, 3.63) is 94.1 Å². The molecule has 4 aromatic rings. The Morgan fingerprint density at radius 2 is 1.71 bits per heavy atom. The average Bonchev–Trinajstić information content (AvgIpc) is 3.43. The molecule has 1 aliphatic heterocycles. The first-order valence-electron chi connectivity index (χ1n) is 12.8. The molecule has 0 saturated carbocycles. The number of hydrogen-bond donors (Lipinski definition) is 1. The molecule has 1 aliphatic rings. The third-order valence-electron chi connectivity index (χ3n) is 6.76. The quantitative estimate of drug-likeness (QED) is 0.121. The Morgan fingerprint density at radius 1 is 1.00 bits per heavy atom. The first kappa shape index (κ1) is 25.7. The summed E-state index contributed by atoms with van der Waals surface area (Å²) in [5.74, 6) is -0.931. The van der Waals surface area contributed by atoms with Crippen LogP contribution in [0.25, 0.3) is 16.0 Å². The van der Waals surface area contributed by atoms with Crippen molar-refractivity contribution in [1.29, 1.82) is 0 Å². The number of carbonyl (C=O) groups is 2. The number of benzene rings is 3. The number of hydrogen-bond acceptors (Lipinski definition) is 6. The molecule has 1 unspecified atom stereocenters. The number of fused-ring (bicyclic) bond motifs is 1. The first-order chi connectivity index (χ1) is 18.3. The van der Waals surface area contributed by atoms with E-state index in [1.54, 1.807) is 12.1 Å². The van der Waals surface area contributed by atoms with E-state index in [4.69, 9.17) is 9.72 Å². The van der Waals surface area contributed by atoms with Gasteiger partial charge >= 0.3 is 5.91 Å². The molecule has 2 heterocycles. The van der Waals surface area contributed by atoms with Crippen LogP contribution >= 0.6 is 11.3 Å². The van der Waals surface area contributed by atoms with Gasteiger partial charge in [-0.05, 0) is 62.1 Å². The monoisotopic (exact) mass is 526 g/mol. The molecule has 1 amide bonds. The zero-order chi connectivity index (χ0) is 27.0. The number of amides is 1. The zero-order valence-corrected chi connectivity index (χ0v) is 22.8. The summed E-state index contributed by atoms with van der Waals surface area (Å²) in [5, 5.41) is 11.8. The molecule has 1 atom stereocenters. The minimum Gasteiger partial charge on any atom is -0.507 e. The maximum atomic E-state index is 13.5. The highest BCUT2D eigenvalue weighted by Crippen LogP contribution is 2.45. The van der Waals surface area contributed by atoms with E-state index in [9.17, 15) is 14.7 Å². The van der Waals surface area contributed by atoms with E-state index < -0.39 is 17.7 Å². The van der Waals surface area contributed by atoms with Gasteiger partial charge in [-0.1, -0.05) is 72.7 Å². The van der Waals surface area contributed by atoms with Crippen molar-refractivity contribution in [3.63, 3.8) is 0 Å². The number of anilines is 1. The van der Waals surface area contributed by atoms with Crippen LogP contribution in [0.3, 0.4) is 0 Å². The lowest BCUT2D eigenvalue weighted by Crippen LogP contribution is -2.29. The number of aryl methyl sites for hydroxylation is 3. The Labute approximate surface area is 226 Å². The first-order valence-corrected chi connectivity index (χ1v) is 13.6. The topological polar surface area (TPSA) is 79.7 Å². The Bertz CT molecular complexity index is 1550. The normalized spacial score (nSPS) is 16.9. The van der Waals surface area contributed by atoms with Crippen LogP contribution < -0.4 is 9.64 Å². The number of Topliss-reactive ketones (excluding diaryl/α,β-unsaturated/α-hetero) is 1. The van der Waals surface area contributed by atoms with Crippen molar-refractivity contribution in [3.8, 4) is 5.75 Å². The molecule has 1 saturated heterocycles.